The molecule has 0 aromatic heterocycles. The predicted octanol–water partition coefficient (Wildman–Crippen LogP) is 7.69. The summed E-state index contributed by atoms with van der Waals surface area (Å²) in [5.74, 6) is 1.46. The highest BCUT2D eigenvalue weighted by Gasteiger charge is 2.19. The lowest BCUT2D eigenvalue weighted by Gasteiger charge is -2.26. The van der Waals surface area contributed by atoms with Crippen LogP contribution in [0.3, 0.4) is 0 Å². The number of halogens is 1. The number of benzene rings is 3. The van der Waals surface area contributed by atoms with Crippen LogP contribution < -0.4 is 0 Å². The molecule has 1 aliphatic rings. The molecule has 0 bridgehead atoms. The Labute approximate surface area is 168 Å². The van der Waals surface area contributed by atoms with Crippen molar-refractivity contribution in [3.05, 3.63) is 94.8 Å². The fraction of sp³-hybridized carbons (Fsp3) is 0.333. The van der Waals surface area contributed by atoms with Gasteiger partial charge in [0.25, 0.3) is 0 Å². The Hall–Kier alpha value is -2.41. The summed E-state index contributed by atoms with van der Waals surface area (Å²) in [5.41, 5.74) is 6.53. The molecule has 1 aliphatic carbocycles. The summed E-state index contributed by atoms with van der Waals surface area (Å²) in [4.78, 5) is 0. The molecule has 0 N–H and O–H groups in total. The molecule has 3 aromatic rings. The molecule has 3 aromatic carbocycles. The summed E-state index contributed by atoms with van der Waals surface area (Å²) >= 11 is 0. The van der Waals surface area contributed by atoms with E-state index in [1.54, 1.807) is 6.07 Å². The van der Waals surface area contributed by atoms with E-state index < -0.39 is 0 Å². The first-order chi connectivity index (χ1) is 13.6. The molecule has 0 aliphatic heterocycles. The molecule has 1 fully saturated rings. The zero-order valence-electron chi connectivity index (χ0n) is 16.9. The van der Waals surface area contributed by atoms with Gasteiger partial charge in [0.05, 0.1) is 0 Å². The van der Waals surface area contributed by atoms with E-state index in [0.29, 0.717) is 5.56 Å². The van der Waals surface area contributed by atoms with Gasteiger partial charge in [-0.1, -0.05) is 86.0 Å². The van der Waals surface area contributed by atoms with Crippen LogP contribution in [0.2, 0.25) is 0 Å². The van der Waals surface area contributed by atoms with Crippen molar-refractivity contribution >= 4 is 0 Å². The third-order valence-corrected chi connectivity index (χ3v) is 6.27. The van der Waals surface area contributed by atoms with E-state index >= 15 is 0 Å². The van der Waals surface area contributed by atoms with Gasteiger partial charge in [0.1, 0.15) is 5.82 Å². The minimum Gasteiger partial charge on any atom is -0.206 e. The zero-order chi connectivity index (χ0) is 19.5. The van der Waals surface area contributed by atoms with Crippen LogP contribution in [0.15, 0.2) is 66.7 Å². The highest BCUT2D eigenvalue weighted by Crippen LogP contribution is 2.35. The first-order valence-corrected chi connectivity index (χ1v) is 10.5. The lowest BCUT2D eigenvalue weighted by atomic mass is 9.79. The topological polar surface area (TPSA) is 0 Å². The summed E-state index contributed by atoms with van der Waals surface area (Å²) in [6, 6.07) is 22.7. The van der Waals surface area contributed by atoms with Crippen LogP contribution >= 0.6 is 0 Å². The molecule has 144 valence electrons. The van der Waals surface area contributed by atoms with E-state index in [4.69, 9.17) is 0 Å². The van der Waals surface area contributed by atoms with Crippen molar-refractivity contribution in [1.29, 1.82) is 0 Å². The maximum Gasteiger partial charge on any atom is 0.131 e. The van der Waals surface area contributed by atoms with Gasteiger partial charge in [-0.2, -0.15) is 0 Å². The molecular formula is C27H29F. The molecule has 0 spiro atoms. The van der Waals surface area contributed by atoms with Gasteiger partial charge in [0, 0.05) is 5.56 Å². The normalized spacial score (nSPS) is 19.5. The maximum atomic E-state index is 14.7. The first kappa shape index (κ1) is 18.9. The molecule has 4 rings (SSSR count). The number of hydrogen-bond acceptors (Lipinski definition) is 0. The fourth-order valence-corrected chi connectivity index (χ4v) is 4.37. The van der Waals surface area contributed by atoms with Crippen molar-refractivity contribution in [2.75, 3.05) is 0 Å². The van der Waals surface area contributed by atoms with E-state index in [9.17, 15) is 4.39 Å². The van der Waals surface area contributed by atoms with Crippen LogP contribution in [0.25, 0.3) is 11.1 Å². The van der Waals surface area contributed by atoms with E-state index in [2.05, 4.69) is 37.3 Å². The van der Waals surface area contributed by atoms with Crippen LogP contribution in [0.1, 0.15) is 60.8 Å². The SMILES string of the molecule is Cc1ccc(-c2ccc(Cc3ccc(C4CCC(C)CC4)cc3)cc2F)cc1. The van der Waals surface area contributed by atoms with E-state index in [1.165, 1.54) is 42.4 Å². The minimum atomic E-state index is -0.144. The number of hydrogen-bond donors (Lipinski definition) is 0. The Morgan fingerprint density at radius 3 is 2.07 bits per heavy atom. The Bertz CT molecular complexity index is 913. The van der Waals surface area contributed by atoms with Gasteiger partial charge in [0.15, 0.2) is 0 Å². The third kappa shape index (κ3) is 4.35. The Balaban J connectivity index is 1.45. The van der Waals surface area contributed by atoms with Crippen LogP contribution in [0.4, 0.5) is 4.39 Å². The second-order valence-electron chi connectivity index (χ2n) is 8.56. The molecule has 28 heavy (non-hydrogen) atoms. The van der Waals surface area contributed by atoms with Crippen molar-refractivity contribution in [3.63, 3.8) is 0 Å². The van der Waals surface area contributed by atoms with Crippen molar-refractivity contribution in [3.8, 4) is 11.1 Å². The standard InChI is InChI=1S/C27H29F/c1-19-3-10-23(11-4-19)24-14-7-21(8-15-24)17-22-9-16-26(27(28)18-22)25-12-5-20(2)6-13-25/h5-9,12-16,18-19,23H,3-4,10-11,17H2,1-2H3. The Kier molecular flexibility index (Phi) is 5.62. The van der Waals surface area contributed by atoms with Gasteiger partial charge in [-0.25, -0.2) is 4.39 Å². The summed E-state index contributed by atoms with van der Waals surface area (Å²) in [5, 5.41) is 0. The van der Waals surface area contributed by atoms with Crippen molar-refractivity contribution < 1.29 is 4.39 Å². The maximum absolute atomic E-state index is 14.7. The van der Waals surface area contributed by atoms with Crippen molar-refractivity contribution in [2.24, 2.45) is 5.92 Å². The smallest absolute Gasteiger partial charge is 0.131 e. The average molecular weight is 373 g/mol. The summed E-state index contributed by atoms with van der Waals surface area (Å²) in [6.45, 7) is 4.41. The lowest BCUT2D eigenvalue weighted by Crippen LogP contribution is -2.10. The largest absolute Gasteiger partial charge is 0.206 e. The summed E-state index contributed by atoms with van der Waals surface area (Å²) < 4.78 is 14.7. The highest BCUT2D eigenvalue weighted by atomic mass is 19.1. The van der Waals surface area contributed by atoms with Crippen LogP contribution in [0, 0.1) is 18.7 Å². The number of aryl methyl sites for hydroxylation is 1. The van der Waals surface area contributed by atoms with Crippen LogP contribution in [-0.2, 0) is 6.42 Å². The van der Waals surface area contributed by atoms with Gasteiger partial charge < -0.3 is 0 Å². The molecule has 0 heterocycles. The molecule has 0 amide bonds. The van der Waals surface area contributed by atoms with Gasteiger partial charge in [0.2, 0.25) is 0 Å². The van der Waals surface area contributed by atoms with Crippen molar-refractivity contribution in [1.82, 2.24) is 0 Å². The molecule has 0 radical (unpaired) electrons. The molecule has 0 saturated heterocycles. The van der Waals surface area contributed by atoms with Crippen LogP contribution in [0.5, 0.6) is 0 Å². The molecular weight excluding hydrogens is 343 g/mol. The van der Waals surface area contributed by atoms with Gasteiger partial charge >= 0.3 is 0 Å². The van der Waals surface area contributed by atoms with Gasteiger partial charge in [-0.05, 0) is 66.3 Å². The quantitative estimate of drug-likeness (QED) is 0.440. The summed E-state index contributed by atoms with van der Waals surface area (Å²) in [6.07, 6.45) is 6.09. The lowest BCUT2D eigenvalue weighted by molar-refractivity contribution is 0.348. The second-order valence-corrected chi connectivity index (χ2v) is 8.56. The van der Waals surface area contributed by atoms with Crippen molar-refractivity contribution in [2.45, 2.75) is 51.9 Å². The molecule has 0 unspecified atom stereocenters. The summed E-state index contributed by atoms with van der Waals surface area (Å²) in [7, 11) is 0. The first-order valence-electron chi connectivity index (χ1n) is 10.5. The fourth-order valence-electron chi connectivity index (χ4n) is 4.37. The minimum absolute atomic E-state index is 0.144. The van der Waals surface area contributed by atoms with Gasteiger partial charge in [-0.15, -0.1) is 0 Å². The second kappa shape index (κ2) is 8.31. The van der Waals surface area contributed by atoms with E-state index in [1.807, 2.05) is 37.3 Å². The average Bonchev–Trinajstić information content (AvgIpc) is 2.70. The monoisotopic (exact) mass is 372 g/mol. The van der Waals surface area contributed by atoms with Gasteiger partial charge in [-0.3, -0.25) is 0 Å². The third-order valence-electron chi connectivity index (χ3n) is 6.27. The Morgan fingerprint density at radius 2 is 1.43 bits per heavy atom. The highest BCUT2D eigenvalue weighted by molar-refractivity contribution is 5.64. The zero-order valence-corrected chi connectivity index (χ0v) is 16.9. The molecule has 0 nitrogen and oxygen atoms in total. The molecule has 1 saturated carbocycles. The van der Waals surface area contributed by atoms with E-state index in [0.717, 1.165) is 29.4 Å². The predicted molar refractivity (Wildman–Crippen MR) is 116 cm³/mol. The Morgan fingerprint density at radius 1 is 0.786 bits per heavy atom. The van der Waals surface area contributed by atoms with Crippen LogP contribution in [-0.4, -0.2) is 0 Å². The molecule has 1 heteroatoms. The van der Waals surface area contributed by atoms with E-state index in [-0.39, 0.29) is 5.82 Å². The molecule has 0 atom stereocenters. The number of rotatable bonds is 4.